The lowest BCUT2D eigenvalue weighted by molar-refractivity contribution is 0.273. The van der Waals surface area contributed by atoms with Gasteiger partial charge in [0.1, 0.15) is 0 Å². The second kappa shape index (κ2) is 6.04. The van der Waals surface area contributed by atoms with Crippen LogP contribution in [0.4, 0.5) is 0 Å². The molecule has 1 atom stereocenters. The van der Waals surface area contributed by atoms with Gasteiger partial charge in [-0.05, 0) is 32.1 Å². The van der Waals surface area contributed by atoms with E-state index in [0.717, 1.165) is 50.2 Å². The van der Waals surface area contributed by atoms with Crippen molar-refractivity contribution in [3.63, 3.8) is 0 Å². The molecule has 2 heterocycles. The van der Waals surface area contributed by atoms with Gasteiger partial charge in [-0.3, -0.25) is 0 Å². The van der Waals surface area contributed by atoms with E-state index in [-0.39, 0.29) is 6.04 Å². The Labute approximate surface area is 125 Å². The molecule has 2 aliphatic rings. The van der Waals surface area contributed by atoms with Gasteiger partial charge in [-0.15, -0.1) is 0 Å². The number of nitrogens with one attached hydrogen (secondary N) is 1. The Morgan fingerprint density at radius 3 is 2.52 bits per heavy atom. The van der Waals surface area contributed by atoms with Crippen molar-refractivity contribution in [2.75, 3.05) is 11.5 Å². The third-order valence-corrected chi connectivity index (χ3v) is 6.35. The second-order valence-electron chi connectivity index (χ2n) is 6.22. The highest BCUT2D eigenvalue weighted by Gasteiger charge is 2.32. The van der Waals surface area contributed by atoms with Gasteiger partial charge >= 0.3 is 0 Å². The summed E-state index contributed by atoms with van der Waals surface area (Å²) in [6.45, 7) is 2.02. The molecule has 21 heavy (non-hydrogen) atoms. The molecule has 1 aromatic rings. The van der Waals surface area contributed by atoms with E-state index in [0.29, 0.717) is 23.5 Å². The molecule has 1 saturated heterocycles. The fourth-order valence-corrected chi connectivity index (χ4v) is 5.03. The lowest BCUT2D eigenvalue weighted by Gasteiger charge is -2.29. The highest BCUT2D eigenvalue weighted by Crippen LogP contribution is 2.32. The molecule has 2 fully saturated rings. The molecule has 0 unspecified atom stereocenters. The average molecular weight is 313 g/mol. The molecule has 0 spiro atoms. The van der Waals surface area contributed by atoms with Crippen molar-refractivity contribution in [3.8, 4) is 0 Å². The van der Waals surface area contributed by atoms with Crippen LogP contribution in [0.15, 0.2) is 4.52 Å². The van der Waals surface area contributed by atoms with Crippen LogP contribution in [-0.2, 0) is 16.3 Å². The van der Waals surface area contributed by atoms with Gasteiger partial charge in [-0.25, -0.2) is 8.42 Å². The quantitative estimate of drug-likeness (QED) is 0.905. The van der Waals surface area contributed by atoms with Crippen molar-refractivity contribution < 1.29 is 12.9 Å². The zero-order valence-electron chi connectivity index (χ0n) is 12.4. The lowest BCUT2D eigenvalue weighted by Crippen LogP contribution is -2.40. The Bertz CT molecular complexity index is 576. The molecule has 7 heteroatoms. The van der Waals surface area contributed by atoms with Gasteiger partial charge in [0, 0.05) is 24.4 Å². The molecular formula is C14H23N3O3S. The van der Waals surface area contributed by atoms with Gasteiger partial charge in [0.05, 0.1) is 11.5 Å². The van der Waals surface area contributed by atoms with Crippen LogP contribution in [0.5, 0.6) is 0 Å². The molecule has 6 nitrogen and oxygen atoms in total. The maximum Gasteiger partial charge on any atom is 0.229 e. The zero-order chi connectivity index (χ0) is 14.9. The van der Waals surface area contributed by atoms with Gasteiger partial charge in [-0.1, -0.05) is 12.1 Å². The third kappa shape index (κ3) is 3.63. The number of nitrogens with zero attached hydrogens (tertiary/aromatic N) is 2. The van der Waals surface area contributed by atoms with E-state index in [1.807, 2.05) is 6.92 Å². The molecule has 1 aromatic heterocycles. The van der Waals surface area contributed by atoms with E-state index in [4.69, 9.17) is 4.52 Å². The molecule has 1 aliphatic heterocycles. The normalized spacial score (nSPS) is 32.3. The molecule has 118 valence electrons. The minimum atomic E-state index is -2.80. The van der Waals surface area contributed by atoms with E-state index in [2.05, 4.69) is 15.5 Å². The molecule has 0 radical (unpaired) electrons. The first kappa shape index (κ1) is 15.0. The Balaban J connectivity index is 1.49. The fourth-order valence-electron chi connectivity index (χ4n) is 3.34. The van der Waals surface area contributed by atoms with Gasteiger partial charge in [0.25, 0.3) is 0 Å². The molecule has 1 saturated carbocycles. The Morgan fingerprint density at radius 1 is 1.19 bits per heavy atom. The predicted octanol–water partition coefficient (Wildman–Crippen LogP) is 1.43. The van der Waals surface area contributed by atoms with Crippen molar-refractivity contribution >= 4 is 9.84 Å². The second-order valence-corrected chi connectivity index (χ2v) is 8.45. The molecule has 0 bridgehead atoms. The number of rotatable bonds is 4. The van der Waals surface area contributed by atoms with E-state index in [1.165, 1.54) is 0 Å². The summed E-state index contributed by atoms with van der Waals surface area (Å²) in [4.78, 5) is 4.42. The Morgan fingerprint density at radius 2 is 1.95 bits per heavy atom. The van der Waals surface area contributed by atoms with Crippen LogP contribution in [0.2, 0.25) is 0 Å². The van der Waals surface area contributed by atoms with Crippen molar-refractivity contribution in [1.82, 2.24) is 15.5 Å². The third-order valence-electron chi connectivity index (χ3n) is 4.58. The highest BCUT2D eigenvalue weighted by molar-refractivity contribution is 7.91. The predicted molar refractivity (Wildman–Crippen MR) is 78.9 cm³/mol. The number of aromatic nitrogens is 2. The molecule has 1 N–H and O–H groups in total. The molecule has 0 amide bonds. The molecule has 0 aromatic carbocycles. The smallest absolute Gasteiger partial charge is 0.229 e. The summed E-state index contributed by atoms with van der Waals surface area (Å²) in [5, 5.41) is 7.48. The van der Waals surface area contributed by atoms with Gasteiger partial charge in [-0.2, -0.15) is 4.98 Å². The summed E-state index contributed by atoms with van der Waals surface area (Å²) in [5.74, 6) is 2.55. The average Bonchev–Trinajstić information content (AvgIpc) is 3.06. The van der Waals surface area contributed by atoms with Gasteiger partial charge in [0.2, 0.25) is 5.89 Å². The Hall–Kier alpha value is -0.950. The first-order valence-electron chi connectivity index (χ1n) is 7.84. The van der Waals surface area contributed by atoms with E-state index in [9.17, 15) is 8.42 Å². The summed E-state index contributed by atoms with van der Waals surface area (Å²) in [6, 6.07) is 0.569. The van der Waals surface area contributed by atoms with Crippen LogP contribution >= 0.6 is 0 Å². The van der Waals surface area contributed by atoms with Crippen molar-refractivity contribution in [1.29, 1.82) is 0 Å². The van der Waals surface area contributed by atoms with E-state index >= 15 is 0 Å². The van der Waals surface area contributed by atoms with Crippen molar-refractivity contribution in [2.45, 2.75) is 63.5 Å². The summed E-state index contributed by atoms with van der Waals surface area (Å²) < 4.78 is 28.3. The van der Waals surface area contributed by atoms with E-state index < -0.39 is 9.84 Å². The van der Waals surface area contributed by atoms with Crippen LogP contribution < -0.4 is 5.32 Å². The number of hydrogen-bond acceptors (Lipinski definition) is 6. The summed E-state index contributed by atoms with van der Waals surface area (Å²) in [7, 11) is -2.80. The molecule has 1 aliphatic carbocycles. The van der Waals surface area contributed by atoms with Crippen LogP contribution in [-0.4, -0.2) is 42.1 Å². The highest BCUT2D eigenvalue weighted by atomic mass is 32.2. The number of aryl methyl sites for hydroxylation is 1. The summed E-state index contributed by atoms with van der Waals surface area (Å²) in [5.41, 5.74) is 0. The maximum atomic E-state index is 11.5. The fraction of sp³-hybridized carbons (Fsp3) is 0.857. The summed E-state index contributed by atoms with van der Waals surface area (Å²) in [6.07, 6.45) is 5.71. The monoisotopic (exact) mass is 313 g/mol. The Kier molecular flexibility index (Phi) is 4.31. The number of sulfone groups is 1. The minimum absolute atomic E-state index is 0.145. The first-order chi connectivity index (χ1) is 10.1. The van der Waals surface area contributed by atoms with Crippen LogP contribution in [0.25, 0.3) is 0 Å². The van der Waals surface area contributed by atoms with Crippen LogP contribution in [0, 0.1) is 0 Å². The van der Waals surface area contributed by atoms with Crippen LogP contribution in [0.3, 0.4) is 0 Å². The SMILES string of the molecule is CCc1noc(C2CCC(N[C@@H]3CCS(=O)(=O)C3)CC2)n1. The maximum absolute atomic E-state index is 11.5. The molecular weight excluding hydrogens is 290 g/mol. The lowest BCUT2D eigenvalue weighted by atomic mass is 9.85. The largest absolute Gasteiger partial charge is 0.339 e. The van der Waals surface area contributed by atoms with Crippen molar-refractivity contribution in [3.05, 3.63) is 11.7 Å². The molecule has 3 rings (SSSR count). The standard InChI is InChI=1S/C14H23N3O3S/c1-2-13-16-14(20-17-13)10-3-5-11(6-4-10)15-12-7-8-21(18,19)9-12/h10-12,15H,2-9H2,1H3/t10?,11?,12-/m1/s1. The first-order valence-corrected chi connectivity index (χ1v) is 9.67. The van der Waals surface area contributed by atoms with Gasteiger partial charge < -0.3 is 9.84 Å². The van der Waals surface area contributed by atoms with Crippen molar-refractivity contribution in [2.24, 2.45) is 0 Å². The van der Waals surface area contributed by atoms with Gasteiger partial charge in [0.15, 0.2) is 15.7 Å². The number of hydrogen-bond donors (Lipinski definition) is 1. The topological polar surface area (TPSA) is 85.1 Å². The van der Waals surface area contributed by atoms with E-state index in [1.54, 1.807) is 0 Å². The summed E-state index contributed by atoms with van der Waals surface area (Å²) >= 11 is 0. The van der Waals surface area contributed by atoms with Crippen LogP contribution in [0.1, 0.15) is 56.7 Å². The minimum Gasteiger partial charge on any atom is -0.339 e. The zero-order valence-corrected chi connectivity index (χ0v) is 13.2.